The van der Waals surface area contributed by atoms with Crippen molar-refractivity contribution in [1.82, 2.24) is 4.31 Å². The number of carboxylic acids is 1. The van der Waals surface area contributed by atoms with Gasteiger partial charge in [-0.3, -0.25) is 4.79 Å². The number of para-hydroxylation sites is 1. The lowest BCUT2D eigenvalue weighted by molar-refractivity contribution is -0.141. The molecule has 1 saturated heterocycles. The minimum Gasteiger partial charge on any atom is -0.480 e. The summed E-state index contributed by atoms with van der Waals surface area (Å²) in [5, 5.41) is 15.2. The van der Waals surface area contributed by atoms with Gasteiger partial charge in [-0.2, -0.15) is 4.31 Å². The van der Waals surface area contributed by atoms with Gasteiger partial charge in [0.2, 0.25) is 10.0 Å². The molecule has 1 heterocycles. The number of amides is 2. The van der Waals surface area contributed by atoms with Crippen LogP contribution in [0.1, 0.15) is 25.7 Å². The second-order valence-corrected chi connectivity index (χ2v) is 11.1. The molecule has 186 valence electrons. The first-order valence-electron chi connectivity index (χ1n) is 11.9. The van der Waals surface area contributed by atoms with Crippen molar-refractivity contribution in [1.29, 1.82) is 0 Å². The molecule has 0 bridgehead atoms. The third-order valence-corrected chi connectivity index (χ3v) is 8.95. The molecule has 9 heteroatoms. The van der Waals surface area contributed by atoms with Gasteiger partial charge in [-0.1, -0.05) is 48.9 Å². The van der Waals surface area contributed by atoms with Crippen molar-refractivity contribution < 1.29 is 23.1 Å². The monoisotopic (exact) mass is 505 g/mol. The maximum atomic E-state index is 13.4. The average Bonchev–Trinajstić information content (AvgIpc) is 3.47. The number of carboxylic acid groups (broad SMARTS) is 1. The topological polar surface area (TPSA) is 116 Å². The number of aliphatic carboxylic acids is 1. The normalized spacial score (nSPS) is 21.6. The van der Waals surface area contributed by atoms with Gasteiger partial charge in [-0.25, -0.2) is 13.2 Å². The van der Waals surface area contributed by atoms with E-state index in [1.54, 1.807) is 36.4 Å². The summed E-state index contributed by atoms with van der Waals surface area (Å²) in [6.45, 7) is 0. The van der Waals surface area contributed by atoms with E-state index in [0.717, 1.165) is 24.0 Å². The molecule has 3 aromatic carbocycles. The van der Waals surface area contributed by atoms with Crippen molar-refractivity contribution in [3.8, 4) is 11.1 Å². The van der Waals surface area contributed by atoms with Crippen molar-refractivity contribution in [3.63, 3.8) is 0 Å². The zero-order chi connectivity index (χ0) is 25.3. The molecule has 2 aliphatic rings. The van der Waals surface area contributed by atoms with E-state index in [0.29, 0.717) is 24.2 Å². The van der Waals surface area contributed by atoms with Crippen molar-refractivity contribution in [3.05, 3.63) is 78.9 Å². The average molecular weight is 506 g/mol. The fraction of sp³-hybridized carbons (Fsp3) is 0.259. The highest BCUT2D eigenvalue weighted by Gasteiger charge is 2.52. The molecule has 0 spiro atoms. The third-order valence-electron chi connectivity index (χ3n) is 7.00. The van der Waals surface area contributed by atoms with Gasteiger partial charge in [-0.05, 0) is 72.7 Å². The number of benzene rings is 3. The molecule has 2 fully saturated rings. The highest BCUT2D eigenvalue weighted by atomic mass is 32.2. The number of hydrogen-bond donors (Lipinski definition) is 3. The molecule has 3 unspecified atom stereocenters. The minimum atomic E-state index is -3.93. The van der Waals surface area contributed by atoms with E-state index in [-0.39, 0.29) is 22.9 Å². The Morgan fingerprint density at radius 1 is 0.806 bits per heavy atom. The molecule has 2 amide bonds. The van der Waals surface area contributed by atoms with Gasteiger partial charge in [-0.15, -0.1) is 0 Å². The Bertz CT molecular complexity index is 1360. The molecule has 1 aliphatic carbocycles. The number of urea groups is 1. The zero-order valence-corrected chi connectivity index (χ0v) is 20.3. The molecule has 1 saturated carbocycles. The van der Waals surface area contributed by atoms with E-state index in [1.165, 1.54) is 16.4 Å². The fourth-order valence-electron chi connectivity index (χ4n) is 5.31. The van der Waals surface area contributed by atoms with Crippen molar-refractivity contribution >= 4 is 33.4 Å². The first-order valence-corrected chi connectivity index (χ1v) is 13.4. The van der Waals surface area contributed by atoms with E-state index >= 15 is 0 Å². The van der Waals surface area contributed by atoms with Crippen LogP contribution >= 0.6 is 0 Å². The number of fused-ring (bicyclic) bond motifs is 1. The summed E-state index contributed by atoms with van der Waals surface area (Å²) in [5.74, 6) is -0.974. The summed E-state index contributed by atoms with van der Waals surface area (Å²) in [6, 6.07) is 21.2. The van der Waals surface area contributed by atoms with Crippen LogP contribution in [-0.4, -0.2) is 41.9 Å². The maximum absolute atomic E-state index is 13.4. The van der Waals surface area contributed by atoms with E-state index < -0.39 is 22.0 Å². The van der Waals surface area contributed by atoms with Crippen LogP contribution in [0, 0.1) is 5.92 Å². The lowest BCUT2D eigenvalue weighted by Crippen LogP contribution is -2.44. The van der Waals surface area contributed by atoms with Crippen molar-refractivity contribution in [2.24, 2.45) is 5.92 Å². The molecule has 3 atom stereocenters. The molecule has 36 heavy (non-hydrogen) atoms. The van der Waals surface area contributed by atoms with Crippen LogP contribution in [0.2, 0.25) is 0 Å². The number of nitrogens with zero attached hydrogens (tertiary/aromatic N) is 1. The Morgan fingerprint density at radius 2 is 1.39 bits per heavy atom. The predicted octanol–water partition coefficient (Wildman–Crippen LogP) is 5.01. The Labute approximate surface area is 210 Å². The molecule has 5 rings (SSSR count). The van der Waals surface area contributed by atoms with Crippen molar-refractivity contribution in [2.75, 3.05) is 10.6 Å². The Kier molecular flexibility index (Phi) is 6.51. The first kappa shape index (κ1) is 24.0. The first-order chi connectivity index (χ1) is 17.3. The largest absolute Gasteiger partial charge is 0.480 e. The number of carbonyl (C=O) groups excluding carboxylic acids is 1. The highest BCUT2D eigenvalue weighted by Crippen LogP contribution is 2.44. The third kappa shape index (κ3) is 4.72. The Hall–Kier alpha value is -3.69. The number of carbonyl (C=O) groups is 2. The minimum absolute atomic E-state index is 0.0981. The zero-order valence-electron chi connectivity index (χ0n) is 19.5. The number of anilines is 2. The van der Waals surface area contributed by atoms with Crippen LogP contribution in [0.25, 0.3) is 11.1 Å². The van der Waals surface area contributed by atoms with E-state index in [1.807, 2.05) is 30.3 Å². The SMILES string of the molecule is O=C(Nc1ccccc1)Nc1ccc(-c2ccc(S(=O)(=O)N3C(C(=O)O)CC4CCCC43)cc2)cc1. The van der Waals surface area contributed by atoms with E-state index in [9.17, 15) is 23.1 Å². The number of hydrogen-bond acceptors (Lipinski definition) is 4. The molecule has 0 radical (unpaired) electrons. The summed E-state index contributed by atoms with van der Waals surface area (Å²) >= 11 is 0. The second kappa shape index (κ2) is 9.75. The molecular weight excluding hydrogens is 478 g/mol. The van der Waals surface area contributed by atoms with E-state index in [4.69, 9.17) is 0 Å². The highest BCUT2D eigenvalue weighted by molar-refractivity contribution is 7.89. The Morgan fingerprint density at radius 3 is 2.00 bits per heavy atom. The van der Waals surface area contributed by atoms with Crippen LogP contribution < -0.4 is 10.6 Å². The van der Waals surface area contributed by atoms with Crippen molar-refractivity contribution in [2.45, 2.75) is 42.7 Å². The maximum Gasteiger partial charge on any atom is 0.323 e. The van der Waals surface area contributed by atoms with Gasteiger partial charge in [0.15, 0.2) is 0 Å². The predicted molar refractivity (Wildman–Crippen MR) is 137 cm³/mol. The Balaban J connectivity index is 1.29. The summed E-state index contributed by atoms with van der Waals surface area (Å²) in [4.78, 5) is 24.1. The van der Waals surface area contributed by atoms with Gasteiger partial charge < -0.3 is 15.7 Å². The summed E-state index contributed by atoms with van der Waals surface area (Å²) < 4.78 is 28.1. The number of nitrogens with one attached hydrogen (secondary N) is 2. The molecule has 1 aliphatic heterocycles. The van der Waals surface area contributed by atoms with Gasteiger partial charge in [0.25, 0.3) is 0 Å². The van der Waals surface area contributed by atoms with E-state index in [2.05, 4.69) is 10.6 Å². The summed E-state index contributed by atoms with van der Waals surface area (Å²) in [6.07, 6.45) is 2.88. The molecule has 3 aromatic rings. The molecular formula is C27H27N3O5S. The fourth-order valence-corrected chi connectivity index (χ4v) is 7.18. The quantitative estimate of drug-likeness (QED) is 0.435. The van der Waals surface area contributed by atoms with Gasteiger partial charge >= 0.3 is 12.0 Å². The molecule has 8 nitrogen and oxygen atoms in total. The summed E-state index contributed by atoms with van der Waals surface area (Å²) in [7, 11) is -3.93. The van der Waals surface area contributed by atoms with Gasteiger partial charge in [0.1, 0.15) is 6.04 Å². The summed E-state index contributed by atoms with van der Waals surface area (Å²) in [5.41, 5.74) is 2.97. The lowest BCUT2D eigenvalue weighted by Gasteiger charge is -2.26. The molecule has 0 aromatic heterocycles. The van der Waals surface area contributed by atoms with Crippen LogP contribution in [0.15, 0.2) is 83.8 Å². The number of sulfonamides is 1. The number of rotatable bonds is 6. The van der Waals surface area contributed by atoms with Crippen LogP contribution in [0.4, 0.5) is 16.2 Å². The van der Waals surface area contributed by atoms with Crippen LogP contribution in [0.5, 0.6) is 0 Å². The van der Waals surface area contributed by atoms with Crippen LogP contribution in [0.3, 0.4) is 0 Å². The van der Waals surface area contributed by atoms with Gasteiger partial charge in [0, 0.05) is 17.4 Å². The van der Waals surface area contributed by atoms with Gasteiger partial charge in [0.05, 0.1) is 4.90 Å². The smallest absolute Gasteiger partial charge is 0.323 e. The molecule has 3 N–H and O–H groups in total. The van der Waals surface area contributed by atoms with Crippen LogP contribution in [-0.2, 0) is 14.8 Å². The standard InChI is InChI=1S/C27H27N3O5S/c31-26(32)25-17-20-5-4-8-24(20)30(25)36(34,35)23-15-11-19(12-16-23)18-9-13-22(14-10-18)29-27(33)28-21-6-2-1-3-7-21/h1-3,6-7,9-16,20,24-25H,4-5,8,17H2,(H,31,32)(H2,28,29,33). The second-order valence-electron chi connectivity index (χ2n) is 9.23. The lowest BCUT2D eigenvalue weighted by atomic mass is 10.0.